The van der Waals surface area contributed by atoms with Gasteiger partial charge in [0, 0.05) is 11.4 Å². The Bertz CT molecular complexity index is 1030. The average Bonchev–Trinajstić information content (AvgIpc) is 3.20. The van der Waals surface area contributed by atoms with Crippen LogP contribution in [0.25, 0.3) is 17.2 Å². The maximum Gasteiger partial charge on any atom is 0.104 e. The van der Waals surface area contributed by atoms with Crippen LogP contribution in [-0.2, 0) is 19.3 Å². The second-order valence-corrected chi connectivity index (χ2v) is 8.11. The smallest absolute Gasteiger partial charge is 0.104 e. The van der Waals surface area contributed by atoms with E-state index in [2.05, 4.69) is 43.3 Å². The van der Waals surface area contributed by atoms with Crippen LogP contribution in [0.15, 0.2) is 58.7 Å². The molecule has 2 heteroatoms. The van der Waals surface area contributed by atoms with Gasteiger partial charge in [0.25, 0.3) is 0 Å². The van der Waals surface area contributed by atoms with E-state index < -0.39 is 0 Å². The topological polar surface area (TPSA) is 13.1 Å². The number of halogens is 1. The number of rotatable bonds is 3. The molecule has 1 nitrogen and oxygen atoms in total. The summed E-state index contributed by atoms with van der Waals surface area (Å²) in [5.41, 5.74) is 9.98. The summed E-state index contributed by atoms with van der Waals surface area (Å²) in [5.74, 6) is 1.57. The first-order valence-electron chi connectivity index (χ1n) is 9.90. The summed E-state index contributed by atoms with van der Waals surface area (Å²) in [5, 5.41) is 0.899. The molecule has 0 bridgehead atoms. The maximum absolute atomic E-state index is 6.49. The monoisotopic (exact) mass is 374 g/mol. The Kier molecular flexibility index (Phi) is 4.21. The Morgan fingerprint density at radius 2 is 1.85 bits per heavy atom. The molecule has 0 aliphatic heterocycles. The Morgan fingerprint density at radius 3 is 2.67 bits per heavy atom. The number of benzene rings is 2. The van der Waals surface area contributed by atoms with Crippen molar-refractivity contribution in [2.24, 2.45) is 0 Å². The van der Waals surface area contributed by atoms with E-state index in [1.165, 1.54) is 33.4 Å². The zero-order chi connectivity index (χ0) is 18.4. The van der Waals surface area contributed by atoms with E-state index in [0.717, 1.165) is 42.9 Å². The molecule has 0 saturated heterocycles. The van der Waals surface area contributed by atoms with Gasteiger partial charge in [-0.1, -0.05) is 54.4 Å². The highest BCUT2D eigenvalue weighted by atomic mass is 35.5. The SMILES string of the molecule is CCC1=Cc2ccc3c(c2C(Cc2ccco2)C1)CCc1c(Cl)cccc1-3. The number of furan rings is 1. The fourth-order valence-electron chi connectivity index (χ4n) is 4.92. The van der Waals surface area contributed by atoms with Gasteiger partial charge in [-0.2, -0.15) is 0 Å². The van der Waals surface area contributed by atoms with Gasteiger partial charge in [-0.15, -0.1) is 0 Å². The van der Waals surface area contributed by atoms with Crippen molar-refractivity contribution >= 4 is 17.7 Å². The molecule has 2 aliphatic rings. The third kappa shape index (κ3) is 2.85. The summed E-state index contributed by atoms with van der Waals surface area (Å²) in [6.07, 6.45) is 9.51. The fraction of sp³-hybridized carbons (Fsp3) is 0.280. The van der Waals surface area contributed by atoms with Crippen LogP contribution >= 0.6 is 11.6 Å². The van der Waals surface area contributed by atoms with Crippen molar-refractivity contribution in [3.05, 3.63) is 87.3 Å². The van der Waals surface area contributed by atoms with Crippen molar-refractivity contribution in [2.45, 2.75) is 44.9 Å². The standard InChI is InChI=1S/C25H23ClO/c1-2-16-13-17-8-9-21-20-6-3-7-24(26)22(20)10-11-23(21)25(17)18(14-16)15-19-5-4-12-27-19/h3-9,12-13,18H,2,10-11,14-15H2,1H3. The molecule has 0 N–H and O–H groups in total. The first kappa shape index (κ1) is 16.9. The van der Waals surface area contributed by atoms with Crippen LogP contribution in [0.4, 0.5) is 0 Å². The molecule has 0 amide bonds. The van der Waals surface area contributed by atoms with Gasteiger partial charge in [-0.05, 0) is 83.2 Å². The zero-order valence-corrected chi connectivity index (χ0v) is 16.4. The van der Waals surface area contributed by atoms with Gasteiger partial charge in [-0.25, -0.2) is 0 Å². The number of hydrogen-bond acceptors (Lipinski definition) is 1. The molecule has 1 unspecified atom stereocenters. The molecule has 1 heterocycles. The molecule has 2 aliphatic carbocycles. The van der Waals surface area contributed by atoms with Crippen molar-refractivity contribution in [3.63, 3.8) is 0 Å². The van der Waals surface area contributed by atoms with E-state index in [4.69, 9.17) is 16.0 Å². The summed E-state index contributed by atoms with van der Waals surface area (Å²) >= 11 is 6.49. The van der Waals surface area contributed by atoms with E-state index in [9.17, 15) is 0 Å². The molecule has 1 atom stereocenters. The van der Waals surface area contributed by atoms with Crippen LogP contribution in [0, 0.1) is 0 Å². The fourth-order valence-corrected chi connectivity index (χ4v) is 5.19. The highest BCUT2D eigenvalue weighted by molar-refractivity contribution is 6.31. The zero-order valence-electron chi connectivity index (χ0n) is 15.6. The summed E-state index contributed by atoms with van der Waals surface area (Å²) in [7, 11) is 0. The van der Waals surface area contributed by atoms with Gasteiger partial charge in [0.1, 0.15) is 5.76 Å². The normalized spacial score (nSPS) is 17.7. The molecule has 1 aromatic heterocycles. The molecule has 0 radical (unpaired) electrons. The number of hydrogen-bond donors (Lipinski definition) is 0. The molecule has 0 spiro atoms. The lowest BCUT2D eigenvalue weighted by molar-refractivity contribution is 0.480. The second-order valence-electron chi connectivity index (χ2n) is 7.70. The van der Waals surface area contributed by atoms with Gasteiger partial charge in [0.15, 0.2) is 0 Å². The van der Waals surface area contributed by atoms with Crippen LogP contribution in [0.3, 0.4) is 0 Å². The Morgan fingerprint density at radius 1 is 1.00 bits per heavy atom. The average molecular weight is 375 g/mol. The molecule has 3 aromatic rings. The van der Waals surface area contributed by atoms with Crippen LogP contribution in [0.1, 0.15) is 53.7 Å². The van der Waals surface area contributed by atoms with Crippen molar-refractivity contribution < 1.29 is 4.42 Å². The van der Waals surface area contributed by atoms with Crippen molar-refractivity contribution in [3.8, 4) is 11.1 Å². The molecule has 5 rings (SSSR count). The van der Waals surface area contributed by atoms with E-state index in [-0.39, 0.29) is 0 Å². The Labute approximate surface area is 165 Å². The maximum atomic E-state index is 6.49. The van der Waals surface area contributed by atoms with E-state index in [1.54, 1.807) is 11.8 Å². The lowest BCUT2D eigenvalue weighted by Crippen LogP contribution is -2.16. The summed E-state index contributed by atoms with van der Waals surface area (Å²) < 4.78 is 5.70. The predicted molar refractivity (Wildman–Crippen MR) is 112 cm³/mol. The third-order valence-electron chi connectivity index (χ3n) is 6.18. The third-order valence-corrected chi connectivity index (χ3v) is 6.54. The lowest BCUT2D eigenvalue weighted by Gasteiger charge is -2.31. The first-order valence-corrected chi connectivity index (χ1v) is 10.3. The lowest BCUT2D eigenvalue weighted by atomic mass is 9.73. The molecule has 27 heavy (non-hydrogen) atoms. The van der Waals surface area contributed by atoms with Crippen LogP contribution < -0.4 is 0 Å². The minimum atomic E-state index is 0.488. The quantitative estimate of drug-likeness (QED) is 0.471. The predicted octanol–water partition coefficient (Wildman–Crippen LogP) is 7.22. The van der Waals surface area contributed by atoms with Crippen molar-refractivity contribution in [1.82, 2.24) is 0 Å². The second kappa shape index (κ2) is 6.73. The molecular weight excluding hydrogens is 352 g/mol. The van der Waals surface area contributed by atoms with Gasteiger partial charge in [0.2, 0.25) is 0 Å². The van der Waals surface area contributed by atoms with Crippen LogP contribution in [-0.4, -0.2) is 0 Å². The molecule has 0 saturated carbocycles. The van der Waals surface area contributed by atoms with E-state index in [1.807, 2.05) is 12.1 Å². The van der Waals surface area contributed by atoms with E-state index in [0.29, 0.717) is 5.92 Å². The van der Waals surface area contributed by atoms with Crippen LogP contribution in [0.5, 0.6) is 0 Å². The van der Waals surface area contributed by atoms with Gasteiger partial charge in [-0.3, -0.25) is 0 Å². The Balaban J connectivity index is 1.67. The highest BCUT2D eigenvalue weighted by Gasteiger charge is 2.29. The molecule has 136 valence electrons. The number of fused-ring (bicyclic) bond motifs is 5. The summed E-state index contributed by atoms with van der Waals surface area (Å²) in [6.45, 7) is 2.26. The number of allylic oxidation sites excluding steroid dienone is 1. The van der Waals surface area contributed by atoms with Gasteiger partial charge < -0.3 is 4.42 Å². The Hall–Kier alpha value is -2.25. The minimum absolute atomic E-state index is 0.488. The van der Waals surface area contributed by atoms with Crippen molar-refractivity contribution in [1.29, 1.82) is 0 Å². The molecule has 0 fully saturated rings. The largest absolute Gasteiger partial charge is 0.469 e. The van der Waals surface area contributed by atoms with Crippen molar-refractivity contribution in [2.75, 3.05) is 0 Å². The van der Waals surface area contributed by atoms with Crippen LogP contribution in [0.2, 0.25) is 5.02 Å². The van der Waals surface area contributed by atoms with Gasteiger partial charge >= 0.3 is 0 Å². The highest BCUT2D eigenvalue weighted by Crippen LogP contribution is 2.45. The first-order chi connectivity index (χ1) is 13.2. The molecule has 2 aromatic carbocycles. The minimum Gasteiger partial charge on any atom is -0.469 e. The summed E-state index contributed by atoms with van der Waals surface area (Å²) in [4.78, 5) is 0. The van der Waals surface area contributed by atoms with E-state index >= 15 is 0 Å². The molecular formula is C25H23ClO. The summed E-state index contributed by atoms with van der Waals surface area (Å²) in [6, 6.07) is 15.0. The van der Waals surface area contributed by atoms with Gasteiger partial charge in [0.05, 0.1) is 6.26 Å².